The molecule has 5 nitrogen and oxygen atoms in total. The molecule has 0 N–H and O–H groups in total. The molecule has 0 bridgehead atoms. The van der Waals surface area contributed by atoms with Crippen molar-refractivity contribution in [3.8, 4) is 5.75 Å². The number of hydrogen-bond donors (Lipinski definition) is 0. The molecule has 2 fully saturated rings. The second kappa shape index (κ2) is 8.21. The van der Waals surface area contributed by atoms with Crippen LogP contribution in [0.25, 0.3) is 10.8 Å². The normalized spacial score (nSPS) is 21.8. The summed E-state index contributed by atoms with van der Waals surface area (Å²) in [6.45, 7) is 0.564. The fourth-order valence-electron chi connectivity index (χ4n) is 4.77. The van der Waals surface area contributed by atoms with Gasteiger partial charge in [0.05, 0.1) is 7.11 Å². The SMILES string of the molecule is COc1cc2ccccc2cc1C(=O)OCC(=O)N1CCC[C@@H]2CCCC[C@H]21. The van der Waals surface area contributed by atoms with Crippen LogP contribution in [0.4, 0.5) is 0 Å². The smallest absolute Gasteiger partial charge is 0.342 e. The number of esters is 1. The fraction of sp³-hybridized carbons (Fsp3) is 0.478. The van der Waals surface area contributed by atoms with E-state index in [-0.39, 0.29) is 12.5 Å². The number of benzene rings is 2. The highest BCUT2D eigenvalue weighted by Gasteiger charge is 2.35. The molecule has 0 radical (unpaired) electrons. The van der Waals surface area contributed by atoms with E-state index >= 15 is 0 Å². The summed E-state index contributed by atoms with van der Waals surface area (Å²) in [6.07, 6.45) is 6.98. The molecule has 2 atom stereocenters. The molecule has 1 amide bonds. The van der Waals surface area contributed by atoms with Crippen molar-refractivity contribution in [1.29, 1.82) is 0 Å². The van der Waals surface area contributed by atoms with Gasteiger partial charge in [-0.2, -0.15) is 0 Å². The summed E-state index contributed by atoms with van der Waals surface area (Å²) in [6, 6.07) is 11.7. The van der Waals surface area contributed by atoms with Gasteiger partial charge >= 0.3 is 5.97 Å². The van der Waals surface area contributed by atoms with Gasteiger partial charge in [0, 0.05) is 12.6 Å². The number of fused-ring (bicyclic) bond motifs is 2. The van der Waals surface area contributed by atoms with Gasteiger partial charge in [-0.15, -0.1) is 0 Å². The van der Waals surface area contributed by atoms with Crippen molar-refractivity contribution in [2.24, 2.45) is 5.92 Å². The Bertz CT molecular complexity index is 876. The van der Waals surface area contributed by atoms with Crippen molar-refractivity contribution in [1.82, 2.24) is 4.90 Å². The number of nitrogens with zero attached hydrogens (tertiary/aromatic N) is 1. The molecule has 0 aromatic heterocycles. The van der Waals surface area contributed by atoms with Crippen LogP contribution in [-0.2, 0) is 9.53 Å². The maximum atomic E-state index is 12.8. The first-order chi connectivity index (χ1) is 13.7. The number of carbonyl (C=O) groups excluding carboxylic acids is 2. The number of methoxy groups -OCH3 is 1. The van der Waals surface area contributed by atoms with E-state index in [2.05, 4.69) is 0 Å². The van der Waals surface area contributed by atoms with Crippen LogP contribution in [0.15, 0.2) is 36.4 Å². The average molecular weight is 381 g/mol. The average Bonchev–Trinajstić information content (AvgIpc) is 2.75. The second-order valence-corrected chi connectivity index (χ2v) is 7.82. The van der Waals surface area contributed by atoms with Crippen molar-refractivity contribution in [2.75, 3.05) is 20.3 Å². The number of ether oxygens (including phenoxy) is 2. The molecule has 1 saturated carbocycles. The Morgan fingerprint density at radius 3 is 2.54 bits per heavy atom. The number of likely N-dealkylation sites (tertiary alicyclic amines) is 1. The lowest BCUT2D eigenvalue weighted by Crippen LogP contribution is -2.50. The highest BCUT2D eigenvalue weighted by molar-refractivity contribution is 5.99. The van der Waals surface area contributed by atoms with Gasteiger partial charge in [0.2, 0.25) is 0 Å². The Morgan fingerprint density at radius 1 is 1.04 bits per heavy atom. The molecule has 4 rings (SSSR count). The third-order valence-corrected chi connectivity index (χ3v) is 6.18. The van der Waals surface area contributed by atoms with Crippen LogP contribution in [-0.4, -0.2) is 43.1 Å². The van der Waals surface area contributed by atoms with Crippen LogP contribution in [0.2, 0.25) is 0 Å². The van der Waals surface area contributed by atoms with Crippen molar-refractivity contribution in [3.05, 3.63) is 42.0 Å². The molecule has 1 aliphatic carbocycles. The molecule has 148 valence electrons. The second-order valence-electron chi connectivity index (χ2n) is 7.82. The molecule has 0 unspecified atom stereocenters. The van der Waals surface area contributed by atoms with Crippen LogP contribution >= 0.6 is 0 Å². The van der Waals surface area contributed by atoms with Crippen molar-refractivity contribution < 1.29 is 19.1 Å². The van der Waals surface area contributed by atoms with Crippen LogP contribution in [0.5, 0.6) is 5.75 Å². The molecule has 0 spiro atoms. The van der Waals surface area contributed by atoms with Crippen LogP contribution in [0.1, 0.15) is 48.9 Å². The summed E-state index contributed by atoms with van der Waals surface area (Å²) in [7, 11) is 1.53. The first kappa shape index (κ1) is 18.8. The first-order valence-corrected chi connectivity index (χ1v) is 10.2. The van der Waals surface area contributed by atoms with Gasteiger partial charge in [-0.05, 0) is 54.5 Å². The van der Waals surface area contributed by atoms with Crippen molar-refractivity contribution >= 4 is 22.6 Å². The van der Waals surface area contributed by atoms with Crippen LogP contribution in [0, 0.1) is 5.92 Å². The quantitative estimate of drug-likeness (QED) is 0.746. The van der Waals surface area contributed by atoms with Gasteiger partial charge < -0.3 is 14.4 Å². The van der Waals surface area contributed by atoms with Crippen LogP contribution < -0.4 is 4.74 Å². The Labute approximate surface area is 165 Å². The third-order valence-electron chi connectivity index (χ3n) is 6.18. The lowest BCUT2D eigenvalue weighted by atomic mass is 9.78. The number of rotatable bonds is 4. The topological polar surface area (TPSA) is 55.8 Å². The molecule has 2 aliphatic rings. The van der Waals surface area contributed by atoms with Crippen molar-refractivity contribution in [2.45, 2.75) is 44.6 Å². The number of hydrogen-bond acceptors (Lipinski definition) is 4. The highest BCUT2D eigenvalue weighted by atomic mass is 16.5. The summed E-state index contributed by atoms with van der Waals surface area (Å²) in [5, 5.41) is 1.92. The zero-order valence-electron chi connectivity index (χ0n) is 16.4. The van der Waals surface area contributed by atoms with Gasteiger partial charge in [0.15, 0.2) is 6.61 Å². The zero-order chi connectivity index (χ0) is 19.5. The lowest BCUT2D eigenvalue weighted by Gasteiger charge is -2.44. The molecule has 1 heterocycles. The Morgan fingerprint density at radius 2 is 1.75 bits per heavy atom. The van der Waals surface area contributed by atoms with Gasteiger partial charge in [-0.3, -0.25) is 4.79 Å². The number of carbonyl (C=O) groups is 2. The van der Waals surface area contributed by atoms with Gasteiger partial charge in [-0.25, -0.2) is 4.79 Å². The Balaban J connectivity index is 1.45. The van der Waals surface area contributed by atoms with Crippen molar-refractivity contribution in [3.63, 3.8) is 0 Å². The van der Waals surface area contributed by atoms with E-state index in [9.17, 15) is 9.59 Å². The molecule has 28 heavy (non-hydrogen) atoms. The third kappa shape index (κ3) is 3.71. The molecule has 1 aliphatic heterocycles. The van der Waals surface area contributed by atoms with E-state index in [0.29, 0.717) is 23.3 Å². The summed E-state index contributed by atoms with van der Waals surface area (Å²) in [5.74, 6) is 0.474. The minimum Gasteiger partial charge on any atom is -0.496 e. The zero-order valence-corrected chi connectivity index (χ0v) is 16.4. The highest BCUT2D eigenvalue weighted by Crippen LogP contribution is 2.35. The molecular formula is C23H27NO4. The van der Waals surface area contributed by atoms with Crippen LogP contribution in [0.3, 0.4) is 0 Å². The molecular weight excluding hydrogens is 354 g/mol. The standard InChI is InChI=1S/C23H27NO4/c1-27-21-14-18-9-3-2-8-17(18)13-19(21)23(26)28-15-22(25)24-12-6-10-16-7-4-5-11-20(16)24/h2-3,8-9,13-14,16,20H,4-7,10-12,15H2,1H3/t16-,20+/m0/s1. The number of amides is 1. The van der Waals surface area contributed by atoms with E-state index in [1.807, 2.05) is 35.2 Å². The van der Waals surface area contributed by atoms with E-state index in [4.69, 9.17) is 9.47 Å². The largest absolute Gasteiger partial charge is 0.496 e. The monoisotopic (exact) mass is 381 g/mol. The molecule has 2 aromatic carbocycles. The van der Waals surface area contributed by atoms with E-state index in [1.165, 1.54) is 32.8 Å². The first-order valence-electron chi connectivity index (χ1n) is 10.2. The molecule has 5 heteroatoms. The Hall–Kier alpha value is -2.56. The lowest BCUT2D eigenvalue weighted by molar-refractivity contribution is -0.140. The maximum absolute atomic E-state index is 12.8. The summed E-state index contributed by atoms with van der Waals surface area (Å²) in [5.41, 5.74) is 0.350. The van der Waals surface area contributed by atoms with Gasteiger partial charge in [0.25, 0.3) is 5.91 Å². The van der Waals surface area contributed by atoms with E-state index in [0.717, 1.165) is 30.2 Å². The molecule has 1 saturated heterocycles. The Kier molecular flexibility index (Phi) is 5.51. The predicted octanol–water partition coefficient (Wildman–Crippen LogP) is 4.19. The summed E-state index contributed by atoms with van der Waals surface area (Å²) < 4.78 is 10.8. The van der Waals surface area contributed by atoms with Gasteiger partial charge in [0.1, 0.15) is 11.3 Å². The van der Waals surface area contributed by atoms with Gasteiger partial charge in [-0.1, -0.05) is 37.1 Å². The fourth-order valence-corrected chi connectivity index (χ4v) is 4.77. The summed E-state index contributed by atoms with van der Waals surface area (Å²) >= 11 is 0. The van der Waals surface area contributed by atoms with E-state index < -0.39 is 5.97 Å². The molecule has 2 aromatic rings. The summed E-state index contributed by atoms with van der Waals surface area (Å²) in [4.78, 5) is 27.4. The van der Waals surface area contributed by atoms with E-state index in [1.54, 1.807) is 6.07 Å². The number of piperidine rings is 1. The predicted molar refractivity (Wildman–Crippen MR) is 107 cm³/mol. The maximum Gasteiger partial charge on any atom is 0.342 e. The minimum atomic E-state index is -0.520. The minimum absolute atomic E-state index is 0.0790.